The number of carboxylic acids is 1. The molecule has 0 spiro atoms. The second kappa shape index (κ2) is 3.73. The number of hydroxylamine groups is 1. The van der Waals surface area contributed by atoms with Gasteiger partial charge in [0.1, 0.15) is 0 Å². The molecule has 92 valence electrons. The summed E-state index contributed by atoms with van der Waals surface area (Å²) in [6, 6.07) is 0. The third-order valence-corrected chi connectivity index (χ3v) is 2.83. The fraction of sp³-hybridized carbons (Fsp3) is 0.818. The summed E-state index contributed by atoms with van der Waals surface area (Å²) in [6.07, 6.45) is 0. The van der Waals surface area contributed by atoms with Gasteiger partial charge in [-0.1, -0.05) is 13.8 Å². The van der Waals surface area contributed by atoms with Crippen molar-refractivity contribution in [1.82, 2.24) is 5.48 Å². The molecule has 0 bridgehead atoms. The van der Waals surface area contributed by atoms with Crippen LogP contribution in [0.25, 0.3) is 0 Å². The molecule has 0 heterocycles. The van der Waals surface area contributed by atoms with Gasteiger partial charge in [-0.25, -0.2) is 5.48 Å². The lowest BCUT2D eigenvalue weighted by Gasteiger charge is -2.19. The maximum atomic E-state index is 11.7. The molecule has 1 amide bonds. The second-order valence-corrected chi connectivity index (χ2v) is 5.80. The monoisotopic (exact) mass is 229 g/mol. The van der Waals surface area contributed by atoms with Gasteiger partial charge in [0.25, 0.3) is 0 Å². The molecule has 5 nitrogen and oxygen atoms in total. The van der Waals surface area contributed by atoms with Crippen LogP contribution in [-0.2, 0) is 14.4 Å². The van der Waals surface area contributed by atoms with Crippen LogP contribution in [0.15, 0.2) is 0 Å². The van der Waals surface area contributed by atoms with Crippen LogP contribution in [0.2, 0.25) is 0 Å². The highest BCUT2D eigenvalue weighted by Gasteiger charge is 2.66. The average molecular weight is 229 g/mol. The van der Waals surface area contributed by atoms with Crippen molar-refractivity contribution in [2.45, 2.75) is 40.2 Å². The standard InChI is InChI=1S/C11H19NO4/c1-10(2,3)16-12-8(13)6-7(9(14)15)11(6,4)5/h6-7H,1-5H3,(H,12,13)(H,14,15). The van der Waals surface area contributed by atoms with Gasteiger partial charge in [-0.2, -0.15) is 0 Å². The molecule has 2 unspecified atom stereocenters. The number of hydrogen-bond acceptors (Lipinski definition) is 3. The first kappa shape index (κ1) is 13.0. The van der Waals surface area contributed by atoms with E-state index in [0.29, 0.717) is 0 Å². The van der Waals surface area contributed by atoms with Crippen molar-refractivity contribution in [3.05, 3.63) is 0 Å². The molecule has 1 aliphatic rings. The van der Waals surface area contributed by atoms with E-state index in [-0.39, 0.29) is 5.91 Å². The van der Waals surface area contributed by atoms with Crippen LogP contribution in [0, 0.1) is 17.3 Å². The van der Waals surface area contributed by atoms with E-state index >= 15 is 0 Å². The summed E-state index contributed by atoms with van der Waals surface area (Å²) in [5, 5.41) is 8.92. The minimum atomic E-state index is -0.930. The first-order valence-corrected chi connectivity index (χ1v) is 5.28. The number of carboxylic acid groups (broad SMARTS) is 1. The second-order valence-electron chi connectivity index (χ2n) is 5.80. The van der Waals surface area contributed by atoms with Gasteiger partial charge in [0.15, 0.2) is 0 Å². The number of amides is 1. The smallest absolute Gasteiger partial charge is 0.307 e. The van der Waals surface area contributed by atoms with Crippen molar-refractivity contribution in [2.24, 2.45) is 17.3 Å². The molecule has 0 aliphatic heterocycles. The number of aliphatic carboxylic acids is 1. The summed E-state index contributed by atoms with van der Waals surface area (Å²) in [6.45, 7) is 8.96. The van der Waals surface area contributed by atoms with Crippen molar-refractivity contribution in [3.63, 3.8) is 0 Å². The molecular formula is C11H19NO4. The molecule has 0 aromatic rings. The summed E-state index contributed by atoms with van der Waals surface area (Å²) in [5.74, 6) is -2.41. The van der Waals surface area contributed by atoms with Crippen LogP contribution >= 0.6 is 0 Å². The molecule has 2 atom stereocenters. The molecule has 0 radical (unpaired) electrons. The maximum absolute atomic E-state index is 11.7. The molecule has 2 N–H and O–H groups in total. The predicted octanol–water partition coefficient (Wildman–Crippen LogP) is 1.19. The Hall–Kier alpha value is -1.10. The summed E-state index contributed by atoms with van der Waals surface area (Å²) in [5.41, 5.74) is 1.36. The molecule has 0 aromatic carbocycles. The molecule has 1 rings (SSSR count). The quantitative estimate of drug-likeness (QED) is 0.713. The Morgan fingerprint density at radius 2 is 1.75 bits per heavy atom. The minimum Gasteiger partial charge on any atom is -0.481 e. The fourth-order valence-electron chi connectivity index (χ4n) is 1.85. The number of carbonyl (C=O) groups excluding carboxylic acids is 1. The van der Waals surface area contributed by atoms with Crippen molar-refractivity contribution in [3.8, 4) is 0 Å². The Kier molecular flexibility index (Phi) is 3.02. The predicted molar refractivity (Wildman–Crippen MR) is 57.4 cm³/mol. The largest absolute Gasteiger partial charge is 0.481 e. The first-order valence-electron chi connectivity index (χ1n) is 5.28. The van der Waals surface area contributed by atoms with Crippen molar-refractivity contribution < 1.29 is 19.5 Å². The SMILES string of the molecule is CC(C)(C)ONC(=O)C1C(C(=O)O)C1(C)C. The topological polar surface area (TPSA) is 75.6 Å². The molecule has 16 heavy (non-hydrogen) atoms. The zero-order valence-electron chi connectivity index (χ0n) is 10.3. The van der Waals surface area contributed by atoms with E-state index in [0.717, 1.165) is 0 Å². The summed E-state index contributed by atoms with van der Waals surface area (Å²) < 4.78 is 0. The summed E-state index contributed by atoms with van der Waals surface area (Å²) in [7, 11) is 0. The zero-order chi connectivity index (χ0) is 12.7. The normalized spacial score (nSPS) is 27.3. The van der Waals surface area contributed by atoms with E-state index in [1.165, 1.54) is 0 Å². The zero-order valence-corrected chi connectivity index (χ0v) is 10.3. The van der Waals surface area contributed by atoms with Crippen LogP contribution < -0.4 is 5.48 Å². The van der Waals surface area contributed by atoms with Crippen LogP contribution in [0.4, 0.5) is 0 Å². The third-order valence-electron chi connectivity index (χ3n) is 2.83. The highest BCUT2D eigenvalue weighted by Crippen LogP contribution is 2.58. The van der Waals surface area contributed by atoms with Gasteiger partial charge >= 0.3 is 5.97 Å². The van der Waals surface area contributed by atoms with Gasteiger partial charge in [0.2, 0.25) is 5.91 Å². The minimum absolute atomic E-state index is 0.354. The highest BCUT2D eigenvalue weighted by molar-refractivity contribution is 5.91. The number of carbonyl (C=O) groups is 2. The lowest BCUT2D eigenvalue weighted by atomic mass is 10.1. The van der Waals surface area contributed by atoms with E-state index in [4.69, 9.17) is 9.94 Å². The van der Waals surface area contributed by atoms with E-state index in [1.54, 1.807) is 34.6 Å². The Balaban J connectivity index is 2.55. The molecule has 0 aromatic heterocycles. The number of hydrogen-bond donors (Lipinski definition) is 2. The molecule has 1 aliphatic carbocycles. The lowest BCUT2D eigenvalue weighted by molar-refractivity contribution is -0.149. The third kappa shape index (κ3) is 2.52. The molecule has 1 fully saturated rings. The highest BCUT2D eigenvalue weighted by atomic mass is 16.7. The number of nitrogens with one attached hydrogen (secondary N) is 1. The van der Waals surface area contributed by atoms with Gasteiger partial charge in [-0.15, -0.1) is 0 Å². The van der Waals surface area contributed by atoms with E-state index in [1.807, 2.05) is 0 Å². The van der Waals surface area contributed by atoms with Gasteiger partial charge in [0, 0.05) is 0 Å². The molecule has 5 heteroatoms. The average Bonchev–Trinajstić information content (AvgIpc) is 2.63. The van der Waals surface area contributed by atoms with Gasteiger partial charge in [-0.3, -0.25) is 14.4 Å². The molecule has 0 saturated heterocycles. The molecule has 1 saturated carbocycles. The van der Waals surface area contributed by atoms with Crippen LogP contribution in [0.3, 0.4) is 0 Å². The van der Waals surface area contributed by atoms with Gasteiger partial charge in [0.05, 0.1) is 17.4 Å². The van der Waals surface area contributed by atoms with Gasteiger partial charge in [-0.05, 0) is 26.2 Å². The maximum Gasteiger partial charge on any atom is 0.307 e. The van der Waals surface area contributed by atoms with Crippen LogP contribution in [0.5, 0.6) is 0 Å². The van der Waals surface area contributed by atoms with E-state index < -0.39 is 28.8 Å². The van der Waals surface area contributed by atoms with Crippen molar-refractivity contribution >= 4 is 11.9 Å². The fourth-order valence-corrected chi connectivity index (χ4v) is 1.85. The first-order chi connectivity index (χ1) is 7.07. The molecular weight excluding hydrogens is 210 g/mol. The van der Waals surface area contributed by atoms with E-state index in [2.05, 4.69) is 5.48 Å². The van der Waals surface area contributed by atoms with E-state index in [9.17, 15) is 9.59 Å². The van der Waals surface area contributed by atoms with Gasteiger partial charge < -0.3 is 5.11 Å². The summed E-state index contributed by atoms with van der Waals surface area (Å²) in [4.78, 5) is 27.7. The van der Waals surface area contributed by atoms with Crippen molar-refractivity contribution in [2.75, 3.05) is 0 Å². The Morgan fingerprint density at radius 1 is 1.25 bits per heavy atom. The Morgan fingerprint density at radius 3 is 2.06 bits per heavy atom. The van der Waals surface area contributed by atoms with Crippen molar-refractivity contribution in [1.29, 1.82) is 0 Å². The summed E-state index contributed by atoms with van der Waals surface area (Å²) >= 11 is 0. The Labute approximate surface area is 95.1 Å². The van der Waals surface area contributed by atoms with Crippen LogP contribution in [0.1, 0.15) is 34.6 Å². The number of rotatable bonds is 3. The lowest BCUT2D eigenvalue weighted by Crippen LogP contribution is -2.35. The van der Waals surface area contributed by atoms with Crippen LogP contribution in [-0.4, -0.2) is 22.6 Å². The Bertz CT molecular complexity index is 316.